The van der Waals surface area contributed by atoms with Crippen molar-refractivity contribution in [3.05, 3.63) is 0 Å². The van der Waals surface area contributed by atoms with E-state index in [0.29, 0.717) is 11.8 Å². The molecule has 4 heteroatoms. The van der Waals surface area contributed by atoms with E-state index in [1.165, 1.54) is 0 Å². The third kappa shape index (κ3) is 3.95. The van der Waals surface area contributed by atoms with Crippen molar-refractivity contribution in [1.82, 2.24) is 4.90 Å². The minimum atomic E-state index is 0.180. The Labute approximate surface area is 123 Å². The number of carbonyl (C=O) groups is 1. The maximum atomic E-state index is 12.7. The smallest absolute Gasteiger partial charge is 0.226 e. The lowest BCUT2D eigenvalue weighted by Gasteiger charge is -2.38. The largest absolute Gasteiger partial charge is 0.376 e. The molecule has 2 fully saturated rings. The summed E-state index contributed by atoms with van der Waals surface area (Å²) in [5.41, 5.74) is 6.00. The summed E-state index contributed by atoms with van der Waals surface area (Å²) in [6, 6.07) is 0.288. The molecule has 2 aliphatic rings. The fourth-order valence-corrected chi connectivity index (χ4v) is 3.60. The van der Waals surface area contributed by atoms with E-state index < -0.39 is 0 Å². The third-order valence-electron chi connectivity index (χ3n) is 4.77. The summed E-state index contributed by atoms with van der Waals surface area (Å²) in [4.78, 5) is 14.8. The van der Waals surface area contributed by atoms with Crippen LogP contribution in [0, 0.1) is 11.8 Å². The van der Waals surface area contributed by atoms with Crippen molar-refractivity contribution in [2.24, 2.45) is 17.6 Å². The maximum absolute atomic E-state index is 12.7. The number of ether oxygens (including phenoxy) is 1. The van der Waals surface area contributed by atoms with Gasteiger partial charge in [-0.15, -0.1) is 0 Å². The van der Waals surface area contributed by atoms with E-state index in [2.05, 4.69) is 13.8 Å². The van der Waals surface area contributed by atoms with Crippen LogP contribution in [-0.2, 0) is 9.53 Å². The fraction of sp³-hybridized carbons (Fsp3) is 0.938. The van der Waals surface area contributed by atoms with E-state index in [0.717, 1.165) is 58.2 Å². The Morgan fingerprint density at radius 2 is 2.15 bits per heavy atom. The van der Waals surface area contributed by atoms with Crippen LogP contribution in [0.15, 0.2) is 0 Å². The van der Waals surface area contributed by atoms with Gasteiger partial charge < -0.3 is 15.4 Å². The van der Waals surface area contributed by atoms with Gasteiger partial charge in [0, 0.05) is 31.7 Å². The molecule has 116 valence electrons. The first-order chi connectivity index (χ1) is 9.61. The van der Waals surface area contributed by atoms with E-state index in [9.17, 15) is 4.79 Å². The first-order valence-electron chi connectivity index (χ1n) is 8.27. The van der Waals surface area contributed by atoms with Gasteiger partial charge >= 0.3 is 0 Å². The van der Waals surface area contributed by atoms with Crippen LogP contribution in [0.25, 0.3) is 0 Å². The van der Waals surface area contributed by atoms with Gasteiger partial charge in [0.25, 0.3) is 0 Å². The molecule has 1 amide bonds. The molecule has 0 spiro atoms. The van der Waals surface area contributed by atoms with Gasteiger partial charge in [-0.3, -0.25) is 4.79 Å². The highest BCUT2D eigenvalue weighted by Crippen LogP contribution is 2.31. The minimum Gasteiger partial charge on any atom is -0.376 e. The molecule has 4 nitrogen and oxygen atoms in total. The molecule has 4 unspecified atom stereocenters. The highest BCUT2D eigenvalue weighted by molar-refractivity contribution is 5.79. The van der Waals surface area contributed by atoms with Crippen LogP contribution in [0.1, 0.15) is 52.4 Å². The van der Waals surface area contributed by atoms with Gasteiger partial charge in [-0.25, -0.2) is 0 Å². The van der Waals surface area contributed by atoms with E-state index in [4.69, 9.17) is 10.5 Å². The molecule has 0 aromatic carbocycles. The number of piperidine rings is 1. The summed E-state index contributed by atoms with van der Waals surface area (Å²) >= 11 is 0. The molecule has 0 aromatic heterocycles. The average Bonchev–Trinajstić information content (AvgIpc) is 2.45. The van der Waals surface area contributed by atoms with Crippen molar-refractivity contribution in [3.63, 3.8) is 0 Å². The highest BCUT2D eigenvalue weighted by Gasteiger charge is 2.35. The molecule has 2 rings (SSSR count). The van der Waals surface area contributed by atoms with Crippen LogP contribution < -0.4 is 5.73 Å². The number of amides is 1. The SMILES string of the molecule is CCCOC1CCCN(C(=O)C2CCC(N)CC2C)C1. The summed E-state index contributed by atoms with van der Waals surface area (Å²) in [5.74, 6) is 0.942. The van der Waals surface area contributed by atoms with Crippen LogP contribution in [0.3, 0.4) is 0 Å². The lowest BCUT2D eigenvalue weighted by atomic mass is 9.77. The van der Waals surface area contributed by atoms with Crippen LogP contribution in [0.5, 0.6) is 0 Å². The molecular weight excluding hydrogens is 252 g/mol. The summed E-state index contributed by atoms with van der Waals surface area (Å²) in [5, 5.41) is 0. The topological polar surface area (TPSA) is 55.6 Å². The standard InChI is InChI=1S/C16H30N2O2/c1-3-9-20-14-5-4-8-18(11-14)16(19)15-7-6-13(17)10-12(15)2/h12-15H,3-11,17H2,1-2H3. The molecule has 4 atom stereocenters. The summed E-state index contributed by atoms with van der Waals surface area (Å²) < 4.78 is 5.83. The van der Waals surface area contributed by atoms with Crippen LogP contribution in [0.4, 0.5) is 0 Å². The van der Waals surface area contributed by atoms with Crippen molar-refractivity contribution in [2.75, 3.05) is 19.7 Å². The molecule has 1 aliphatic carbocycles. The van der Waals surface area contributed by atoms with Crippen molar-refractivity contribution >= 4 is 5.91 Å². The van der Waals surface area contributed by atoms with Crippen LogP contribution >= 0.6 is 0 Å². The normalized spacial score (nSPS) is 35.0. The van der Waals surface area contributed by atoms with Crippen molar-refractivity contribution in [3.8, 4) is 0 Å². The quantitative estimate of drug-likeness (QED) is 0.859. The molecule has 0 radical (unpaired) electrons. The van der Waals surface area contributed by atoms with Gasteiger partial charge in [-0.1, -0.05) is 13.8 Å². The number of nitrogens with two attached hydrogens (primary N) is 1. The summed E-state index contributed by atoms with van der Waals surface area (Å²) in [6.45, 7) is 6.80. The van der Waals surface area contributed by atoms with E-state index in [1.807, 2.05) is 4.90 Å². The average molecular weight is 282 g/mol. The number of rotatable bonds is 4. The van der Waals surface area contributed by atoms with Crippen molar-refractivity contribution in [1.29, 1.82) is 0 Å². The number of carbonyl (C=O) groups excluding carboxylic acids is 1. The van der Waals surface area contributed by atoms with Crippen molar-refractivity contribution in [2.45, 2.75) is 64.5 Å². The Kier molecular flexibility index (Phi) is 5.85. The molecule has 1 aliphatic heterocycles. The Balaban J connectivity index is 1.88. The Hall–Kier alpha value is -0.610. The molecule has 1 saturated heterocycles. The molecule has 0 bridgehead atoms. The summed E-state index contributed by atoms with van der Waals surface area (Å²) in [6.07, 6.45) is 6.38. The van der Waals surface area contributed by atoms with Gasteiger partial charge in [0.2, 0.25) is 5.91 Å². The highest BCUT2D eigenvalue weighted by atomic mass is 16.5. The molecule has 1 heterocycles. The minimum absolute atomic E-state index is 0.180. The van der Waals surface area contributed by atoms with E-state index in [-0.39, 0.29) is 18.1 Å². The second-order valence-electron chi connectivity index (χ2n) is 6.58. The van der Waals surface area contributed by atoms with Gasteiger partial charge in [0.15, 0.2) is 0 Å². The number of hydrogen-bond donors (Lipinski definition) is 1. The van der Waals surface area contributed by atoms with Gasteiger partial charge in [0.1, 0.15) is 0 Å². The molecule has 20 heavy (non-hydrogen) atoms. The first kappa shape index (κ1) is 15.8. The van der Waals surface area contributed by atoms with Crippen LogP contribution in [-0.4, -0.2) is 42.6 Å². The molecule has 0 aromatic rings. The van der Waals surface area contributed by atoms with Crippen LogP contribution in [0.2, 0.25) is 0 Å². The zero-order valence-electron chi connectivity index (χ0n) is 13.0. The Morgan fingerprint density at radius 3 is 2.85 bits per heavy atom. The zero-order valence-corrected chi connectivity index (χ0v) is 13.0. The second-order valence-corrected chi connectivity index (χ2v) is 6.58. The number of likely N-dealkylation sites (tertiary alicyclic amines) is 1. The monoisotopic (exact) mass is 282 g/mol. The predicted molar refractivity (Wildman–Crippen MR) is 80.3 cm³/mol. The van der Waals surface area contributed by atoms with Gasteiger partial charge in [-0.2, -0.15) is 0 Å². The van der Waals surface area contributed by atoms with E-state index in [1.54, 1.807) is 0 Å². The zero-order chi connectivity index (χ0) is 14.5. The van der Waals surface area contributed by atoms with Crippen molar-refractivity contribution < 1.29 is 9.53 Å². The second kappa shape index (κ2) is 7.41. The first-order valence-corrected chi connectivity index (χ1v) is 8.27. The fourth-order valence-electron chi connectivity index (χ4n) is 3.60. The number of hydrogen-bond acceptors (Lipinski definition) is 3. The third-order valence-corrected chi connectivity index (χ3v) is 4.77. The van der Waals surface area contributed by atoms with Gasteiger partial charge in [-0.05, 0) is 44.4 Å². The van der Waals surface area contributed by atoms with Gasteiger partial charge in [0.05, 0.1) is 6.10 Å². The van der Waals surface area contributed by atoms with E-state index >= 15 is 0 Å². The predicted octanol–water partition coefficient (Wildman–Crippen LogP) is 2.17. The molecule has 2 N–H and O–H groups in total. The molecular formula is C16H30N2O2. The lowest BCUT2D eigenvalue weighted by Crippen LogP contribution is -2.48. The Bertz CT molecular complexity index is 322. The lowest BCUT2D eigenvalue weighted by molar-refractivity contribution is -0.142. The summed E-state index contributed by atoms with van der Waals surface area (Å²) in [7, 11) is 0. The molecule has 1 saturated carbocycles. The Morgan fingerprint density at radius 1 is 1.35 bits per heavy atom. The maximum Gasteiger partial charge on any atom is 0.226 e. The number of nitrogens with zero attached hydrogens (tertiary/aromatic N) is 1.